The van der Waals surface area contributed by atoms with Gasteiger partial charge in [0.15, 0.2) is 22.9 Å². The van der Waals surface area contributed by atoms with Gasteiger partial charge in [-0.2, -0.15) is 0 Å². The quantitative estimate of drug-likeness (QED) is 0.581. The monoisotopic (exact) mass is 185 g/mol. The van der Waals surface area contributed by atoms with Crippen molar-refractivity contribution in [3.05, 3.63) is 0 Å². The SMILES string of the molecule is CC(=O)C(C(C)=O)(C(C)=O)N(C)C. The van der Waals surface area contributed by atoms with Crippen molar-refractivity contribution in [2.24, 2.45) is 0 Å². The molecule has 0 heterocycles. The zero-order valence-electron chi connectivity index (χ0n) is 8.67. The number of hydrogen-bond acceptors (Lipinski definition) is 4. The topological polar surface area (TPSA) is 54.5 Å². The van der Waals surface area contributed by atoms with Crippen molar-refractivity contribution in [1.82, 2.24) is 4.90 Å². The van der Waals surface area contributed by atoms with Gasteiger partial charge in [0.05, 0.1) is 0 Å². The second kappa shape index (κ2) is 3.79. The lowest BCUT2D eigenvalue weighted by Gasteiger charge is -2.32. The van der Waals surface area contributed by atoms with Crippen molar-refractivity contribution in [2.75, 3.05) is 14.1 Å². The molecule has 0 unspecified atom stereocenters. The van der Waals surface area contributed by atoms with Gasteiger partial charge in [-0.1, -0.05) is 0 Å². The van der Waals surface area contributed by atoms with Gasteiger partial charge in [0.1, 0.15) is 0 Å². The minimum atomic E-state index is -1.58. The summed E-state index contributed by atoms with van der Waals surface area (Å²) in [7, 11) is 3.09. The van der Waals surface area contributed by atoms with E-state index in [2.05, 4.69) is 0 Å². The summed E-state index contributed by atoms with van der Waals surface area (Å²) in [6.07, 6.45) is 0. The summed E-state index contributed by atoms with van der Waals surface area (Å²) in [6.45, 7) is 3.76. The van der Waals surface area contributed by atoms with E-state index in [9.17, 15) is 14.4 Å². The zero-order chi connectivity index (χ0) is 10.8. The smallest absolute Gasteiger partial charge is 0.196 e. The molecule has 0 saturated heterocycles. The number of carbonyl (C=O) groups excluding carboxylic acids is 3. The van der Waals surface area contributed by atoms with Gasteiger partial charge in [-0.25, -0.2) is 0 Å². The maximum absolute atomic E-state index is 11.3. The molecule has 0 atom stereocenters. The van der Waals surface area contributed by atoms with Gasteiger partial charge in [0.2, 0.25) is 0 Å². The lowest BCUT2D eigenvalue weighted by atomic mass is 9.85. The van der Waals surface area contributed by atoms with Crippen LogP contribution in [-0.2, 0) is 14.4 Å². The van der Waals surface area contributed by atoms with E-state index in [-0.39, 0.29) is 0 Å². The van der Waals surface area contributed by atoms with Crippen LogP contribution < -0.4 is 0 Å². The van der Waals surface area contributed by atoms with Gasteiger partial charge in [-0.15, -0.1) is 0 Å². The van der Waals surface area contributed by atoms with Crippen LogP contribution in [0.15, 0.2) is 0 Å². The first-order valence-corrected chi connectivity index (χ1v) is 3.98. The molecule has 74 valence electrons. The highest BCUT2D eigenvalue weighted by atomic mass is 16.2. The number of ketones is 3. The average molecular weight is 185 g/mol. The van der Waals surface area contributed by atoms with Crippen LogP contribution in [0.25, 0.3) is 0 Å². The number of Topliss-reactive ketones (excluding diaryl/α,β-unsaturated/α-hetero) is 3. The normalized spacial score (nSPS) is 11.5. The summed E-state index contributed by atoms with van der Waals surface area (Å²) in [4.78, 5) is 35.3. The Labute approximate surface area is 77.9 Å². The molecule has 0 saturated carbocycles. The van der Waals surface area contributed by atoms with Crippen LogP contribution in [0.1, 0.15) is 20.8 Å². The second-order valence-electron chi connectivity index (χ2n) is 3.27. The van der Waals surface area contributed by atoms with E-state index in [4.69, 9.17) is 0 Å². The molecule has 0 aliphatic heterocycles. The molecule has 0 amide bonds. The van der Waals surface area contributed by atoms with Gasteiger partial charge in [-0.3, -0.25) is 19.3 Å². The van der Waals surface area contributed by atoms with Crippen molar-refractivity contribution in [1.29, 1.82) is 0 Å². The Morgan fingerprint density at radius 1 is 0.846 bits per heavy atom. The highest BCUT2D eigenvalue weighted by molar-refractivity contribution is 6.27. The molecule has 0 spiro atoms. The van der Waals surface area contributed by atoms with Gasteiger partial charge < -0.3 is 0 Å². The lowest BCUT2D eigenvalue weighted by Crippen LogP contribution is -2.60. The second-order valence-corrected chi connectivity index (χ2v) is 3.27. The Morgan fingerprint density at radius 2 is 1.08 bits per heavy atom. The van der Waals surface area contributed by atoms with E-state index >= 15 is 0 Å². The largest absolute Gasteiger partial charge is 0.297 e. The fourth-order valence-electron chi connectivity index (χ4n) is 1.69. The summed E-state index contributed by atoms with van der Waals surface area (Å²) in [5.41, 5.74) is -1.58. The molecule has 0 aliphatic rings. The van der Waals surface area contributed by atoms with Crippen LogP contribution in [0.5, 0.6) is 0 Å². The third-order valence-electron chi connectivity index (χ3n) is 2.20. The van der Waals surface area contributed by atoms with Crippen LogP contribution >= 0.6 is 0 Å². The standard InChI is InChI=1S/C9H15NO3/c1-6(11)9(7(2)12,8(3)13)10(4)5/h1-5H3. The lowest BCUT2D eigenvalue weighted by molar-refractivity contribution is -0.147. The van der Waals surface area contributed by atoms with Crippen molar-refractivity contribution in [2.45, 2.75) is 26.3 Å². The summed E-state index contributed by atoms with van der Waals surface area (Å²) >= 11 is 0. The molecule has 4 nitrogen and oxygen atoms in total. The van der Waals surface area contributed by atoms with Crippen molar-refractivity contribution < 1.29 is 14.4 Å². The Kier molecular flexibility index (Phi) is 3.49. The Hall–Kier alpha value is -1.03. The Morgan fingerprint density at radius 3 is 1.08 bits per heavy atom. The summed E-state index contributed by atoms with van der Waals surface area (Å²) in [6, 6.07) is 0. The third kappa shape index (κ3) is 1.67. The zero-order valence-corrected chi connectivity index (χ0v) is 8.67. The summed E-state index contributed by atoms with van der Waals surface area (Å²) in [5, 5.41) is 0. The minimum absolute atomic E-state index is 0.433. The van der Waals surface area contributed by atoms with Crippen LogP contribution in [0.3, 0.4) is 0 Å². The summed E-state index contributed by atoms with van der Waals surface area (Å²) in [5.74, 6) is -1.30. The first-order chi connectivity index (χ1) is 5.77. The third-order valence-corrected chi connectivity index (χ3v) is 2.20. The number of carbonyl (C=O) groups is 3. The van der Waals surface area contributed by atoms with Gasteiger partial charge >= 0.3 is 0 Å². The van der Waals surface area contributed by atoms with E-state index < -0.39 is 22.9 Å². The fourth-order valence-corrected chi connectivity index (χ4v) is 1.69. The molecule has 0 rings (SSSR count). The summed E-state index contributed by atoms with van der Waals surface area (Å²) < 4.78 is 0. The first-order valence-electron chi connectivity index (χ1n) is 3.98. The van der Waals surface area contributed by atoms with E-state index in [1.54, 1.807) is 14.1 Å². The van der Waals surface area contributed by atoms with Crippen LogP contribution in [0.4, 0.5) is 0 Å². The van der Waals surface area contributed by atoms with E-state index in [1.165, 1.54) is 25.7 Å². The molecule has 0 aromatic heterocycles. The van der Waals surface area contributed by atoms with E-state index in [0.29, 0.717) is 0 Å². The molecule has 0 fully saturated rings. The van der Waals surface area contributed by atoms with Gasteiger partial charge in [0.25, 0.3) is 0 Å². The van der Waals surface area contributed by atoms with Crippen molar-refractivity contribution in [3.8, 4) is 0 Å². The molecule has 0 N–H and O–H groups in total. The van der Waals surface area contributed by atoms with E-state index in [0.717, 1.165) is 0 Å². The van der Waals surface area contributed by atoms with Crippen LogP contribution in [0, 0.1) is 0 Å². The van der Waals surface area contributed by atoms with Gasteiger partial charge in [0, 0.05) is 0 Å². The predicted molar refractivity (Wildman–Crippen MR) is 48.5 cm³/mol. The molecule has 0 bridgehead atoms. The molecule has 0 aromatic rings. The van der Waals surface area contributed by atoms with Crippen LogP contribution in [-0.4, -0.2) is 41.9 Å². The maximum Gasteiger partial charge on any atom is 0.196 e. The van der Waals surface area contributed by atoms with Gasteiger partial charge in [-0.05, 0) is 34.9 Å². The highest BCUT2D eigenvalue weighted by Gasteiger charge is 2.47. The van der Waals surface area contributed by atoms with Crippen molar-refractivity contribution >= 4 is 17.3 Å². The molecule has 0 aromatic carbocycles. The number of likely N-dealkylation sites (N-methyl/N-ethyl adjacent to an activating group) is 1. The number of hydrogen-bond donors (Lipinski definition) is 0. The Bertz CT molecular complexity index is 220. The molecule has 4 heteroatoms. The molecular weight excluding hydrogens is 170 g/mol. The average Bonchev–Trinajstić information content (AvgIpc) is 1.82. The maximum atomic E-state index is 11.3. The van der Waals surface area contributed by atoms with Crippen LogP contribution in [0.2, 0.25) is 0 Å². The number of rotatable bonds is 4. The predicted octanol–water partition coefficient (Wildman–Crippen LogP) is 0.0538. The molecule has 0 aliphatic carbocycles. The molecule has 13 heavy (non-hydrogen) atoms. The van der Waals surface area contributed by atoms with E-state index in [1.807, 2.05) is 0 Å². The molecule has 0 radical (unpaired) electrons. The highest BCUT2D eigenvalue weighted by Crippen LogP contribution is 2.16. The number of nitrogens with zero attached hydrogens (tertiary/aromatic N) is 1. The van der Waals surface area contributed by atoms with Crippen molar-refractivity contribution in [3.63, 3.8) is 0 Å². The molecular formula is C9H15NO3. The first kappa shape index (κ1) is 12.0. The minimum Gasteiger partial charge on any atom is -0.297 e. The fraction of sp³-hybridized carbons (Fsp3) is 0.667. The Balaban J connectivity index is 5.46.